The smallest absolute Gasteiger partial charge is 0.303 e. The number of hydrogen-bond acceptors (Lipinski definition) is 6. The second kappa shape index (κ2) is 7.44. The summed E-state index contributed by atoms with van der Waals surface area (Å²) in [7, 11) is 0. The van der Waals surface area contributed by atoms with Gasteiger partial charge < -0.3 is 16.2 Å². The summed E-state index contributed by atoms with van der Waals surface area (Å²) in [4.78, 5) is 20.0. The van der Waals surface area contributed by atoms with E-state index in [1.807, 2.05) is 20.8 Å². The molecule has 1 aromatic carbocycles. The van der Waals surface area contributed by atoms with Gasteiger partial charge in [-0.1, -0.05) is 0 Å². The van der Waals surface area contributed by atoms with Gasteiger partial charge in [-0.25, -0.2) is 0 Å². The van der Waals surface area contributed by atoms with Crippen LogP contribution < -0.4 is 11.5 Å². The highest BCUT2D eigenvalue weighted by Gasteiger charge is 2.11. The highest BCUT2D eigenvalue weighted by Crippen LogP contribution is 2.18. The molecule has 0 aliphatic carbocycles. The molecule has 0 radical (unpaired) electrons. The molecule has 0 bridgehead atoms. The zero-order valence-corrected chi connectivity index (χ0v) is 12.2. The first-order valence-electron chi connectivity index (χ1n) is 5.99. The molecule has 0 saturated carbocycles. The van der Waals surface area contributed by atoms with Crippen LogP contribution in [-0.2, 0) is 16.1 Å². The number of non-ortho nitro benzene ring substituents is 1. The van der Waals surface area contributed by atoms with E-state index in [9.17, 15) is 14.9 Å². The Kier molecular flexibility index (Phi) is 6.64. The number of hydrogen-bond donors (Lipinski definition) is 2. The third-order valence-electron chi connectivity index (χ3n) is 2.01. The molecule has 0 aliphatic heterocycles. The van der Waals surface area contributed by atoms with Crippen molar-refractivity contribution in [2.45, 2.75) is 39.8 Å². The van der Waals surface area contributed by atoms with Crippen molar-refractivity contribution in [1.82, 2.24) is 0 Å². The van der Waals surface area contributed by atoms with Gasteiger partial charge in [-0.3, -0.25) is 14.9 Å². The van der Waals surface area contributed by atoms with Crippen molar-refractivity contribution >= 4 is 17.3 Å². The lowest BCUT2D eigenvalue weighted by molar-refractivity contribution is -0.384. The minimum Gasteiger partial charge on any atom is -0.460 e. The maximum Gasteiger partial charge on any atom is 0.303 e. The van der Waals surface area contributed by atoms with Gasteiger partial charge in [0.15, 0.2) is 0 Å². The topological polar surface area (TPSA) is 121 Å². The lowest BCUT2D eigenvalue weighted by Gasteiger charge is -2.17. The molecule has 7 heteroatoms. The average Bonchev–Trinajstić information content (AvgIpc) is 2.26. The maximum absolute atomic E-state index is 10.3. The highest BCUT2D eigenvalue weighted by molar-refractivity contribution is 5.66. The first-order chi connectivity index (χ1) is 9.06. The second-order valence-corrected chi connectivity index (χ2v) is 5.05. The molecule has 0 aliphatic rings. The number of carbonyl (C=O) groups excluding carboxylic acids is 1. The summed E-state index contributed by atoms with van der Waals surface area (Å²) in [6, 6.07) is 4.26. The van der Waals surface area contributed by atoms with E-state index in [-0.39, 0.29) is 17.3 Å². The van der Waals surface area contributed by atoms with E-state index >= 15 is 0 Å². The minimum atomic E-state index is -0.489. The lowest BCUT2D eigenvalue weighted by atomic mass is 10.1. The van der Waals surface area contributed by atoms with Crippen molar-refractivity contribution in [1.29, 1.82) is 0 Å². The Morgan fingerprint density at radius 3 is 2.20 bits per heavy atom. The Morgan fingerprint density at radius 1 is 1.40 bits per heavy atom. The van der Waals surface area contributed by atoms with E-state index in [1.54, 1.807) is 6.07 Å². The van der Waals surface area contributed by atoms with Crippen LogP contribution in [-0.4, -0.2) is 16.5 Å². The van der Waals surface area contributed by atoms with E-state index in [2.05, 4.69) is 0 Å². The fraction of sp³-hybridized carbons (Fsp3) is 0.462. The second-order valence-electron chi connectivity index (χ2n) is 5.05. The molecule has 20 heavy (non-hydrogen) atoms. The van der Waals surface area contributed by atoms with Gasteiger partial charge in [-0.2, -0.15) is 0 Å². The van der Waals surface area contributed by atoms with Gasteiger partial charge in [0, 0.05) is 31.3 Å². The molecule has 0 unspecified atom stereocenters. The van der Waals surface area contributed by atoms with Crippen molar-refractivity contribution in [3.63, 3.8) is 0 Å². The summed E-state index contributed by atoms with van der Waals surface area (Å²) in [5.74, 6) is -0.225. The third kappa shape index (κ3) is 7.32. The van der Waals surface area contributed by atoms with Crippen LogP contribution in [0, 0.1) is 10.1 Å². The van der Waals surface area contributed by atoms with E-state index in [1.165, 1.54) is 19.1 Å². The molecule has 0 spiro atoms. The van der Waals surface area contributed by atoms with Crippen LogP contribution in [0.15, 0.2) is 18.2 Å². The molecule has 0 fully saturated rings. The molecule has 0 saturated heterocycles. The molecular formula is C13H21N3O4. The normalized spacial score (nSPS) is 10.2. The number of nitro groups is 1. The Labute approximate surface area is 118 Å². The van der Waals surface area contributed by atoms with Crippen LogP contribution in [0.5, 0.6) is 0 Å². The van der Waals surface area contributed by atoms with E-state index in [0.717, 1.165) is 5.56 Å². The molecule has 0 aromatic heterocycles. The molecule has 0 atom stereocenters. The van der Waals surface area contributed by atoms with Gasteiger partial charge in [-0.05, 0) is 32.4 Å². The lowest BCUT2D eigenvalue weighted by Crippen LogP contribution is -2.21. The van der Waals surface area contributed by atoms with E-state index in [0.29, 0.717) is 12.2 Å². The van der Waals surface area contributed by atoms with Gasteiger partial charge in [0.25, 0.3) is 5.69 Å². The van der Waals surface area contributed by atoms with Gasteiger partial charge >= 0.3 is 5.97 Å². The van der Waals surface area contributed by atoms with Crippen LogP contribution in [0.3, 0.4) is 0 Å². The zero-order chi connectivity index (χ0) is 15.9. The van der Waals surface area contributed by atoms with Gasteiger partial charge in [0.2, 0.25) is 0 Å². The van der Waals surface area contributed by atoms with Crippen molar-refractivity contribution in [2.75, 3.05) is 5.73 Å². The van der Waals surface area contributed by atoms with E-state index < -0.39 is 4.92 Å². The van der Waals surface area contributed by atoms with Crippen LogP contribution in [0.1, 0.15) is 33.3 Å². The summed E-state index contributed by atoms with van der Waals surface area (Å²) in [5.41, 5.74) is 11.6. The van der Waals surface area contributed by atoms with Crippen LogP contribution in [0.25, 0.3) is 0 Å². The quantitative estimate of drug-likeness (QED) is 0.370. The van der Waals surface area contributed by atoms with Gasteiger partial charge in [0.05, 0.1) is 4.92 Å². The van der Waals surface area contributed by atoms with Crippen LogP contribution in [0.2, 0.25) is 0 Å². The molecule has 4 N–H and O–H groups in total. The van der Waals surface area contributed by atoms with Crippen LogP contribution in [0.4, 0.5) is 11.4 Å². The number of nitro benzene ring substituents is 1. The first-order valence-corrected chi connectivity index (χ1v) is 5.99. The number of esters is 1. The number of nitrogens with zero attached hydrogens (tertiary/aromatic N) is 1. The molecule has 1 rings (SSSR count). The largest absolute Gasteiger partial charge is 0.460 e. The highest BCUT2D eigenvalue weighted by atomic mass is 16.6. The molecule has 7 nitrogen and oxygen atoms in total. The Morgan fingerprint density at radius 2 is 1.95 bits per heavy atom. The number of benzene rings is 1. The Bertz CT molecular complexity index is 481. The fourth-order valence-corrected chi connectivity index (χ4v) is 1.31. The molecule has 1 aromatic rings. The number of ether oxygens (including phenoxy) is 1. The predicted molar refractivity (Wildman–Crippen MR) is 76.9 cm³/mol. The summed E-state index contributed by atoms with van der Waals surface area (Å²) in [6.45, 7) is 7.23. The minimum absolute atomic E-state index is 0.00954. The molecule has 112 valence electrons. The summed E-state index contributed by atoms with van der Waals surface area (Å²) in [5, 5.41) is 10.3. The zero-order valence-electron chi connectivity index (χ0n) is 12.2. The van der Waals surface area contributed by atoms with E-state index in [4.69, 9.17) is 16.2 Å². The summed E-state index contributed by atoms with van der Waals surface area (Å²) >= 11 is 0. The summed E-state index contributed by atoms with van der Waals surface area (Å²) in [6.07, 6.45) is 0. The first kappa shape index (κ1) is 17.8. The van der Waals surface area contributed by atoms with Crippen molar-refractivity contribution in [2.24, 2.45) is 5.73 Å². The Hall–Kier alpha value is -2.15. The van der Waals surface area contributed by atoms with Gasteiger partial charge in [0.1, 0.15) is 5.60 Å². The van der Waals surface area contributed by atoms with Crippen molar-refractivity contribution in [3.05, 3.63) is 33.9 Å². The monoisotopic (exact) mass is 283 g/mol. The SMILES string of the molecule is CC(=O)OC(C)(C)C.NCc1ccc([N+](=O)[O-])cc1N. The Balaban J connectivity index is 0.000000396. The number of nitrogen functional groups attached to an aromatic ring is 1. The maximum atomic E-state index is 10.3. The molecule has 0 amide bonds. The van der Waals surface area contributed by atoms with Crippen molar-refractivity contribution < 1.29 is 14.5 Å². The van der Waals surface area contributed by atoms with Gasteiger partial charge in [-0.15, -0.1) is 0 Å². The van der Waals surface area contributed by atoms with Crippen LogP contribution >= 0.6 is 0 Å². The molecular weight excluding hydrogens is 262 g/mol. The average molecular weight is 283 g/mol. The number of carbonyl (C=O) groups is 1. The number of nitrogens with two attached hydrogens (primary N) is 2. The predicted octanol–water partition coefficient (Wildman–Crippen LogP) is 1.98. The standard InChI is InChI=1S/C7H9N3O2.C6H12O2/c8-4-5-1-2-6(10(11)12)3-7(5)9;1-5(7)8-6(2,3)4/h1-3H,4,8-9H2;1-4H3. The third-order valence-corrected chi connectivity index (χ3v) is 2.01. The molecule has 0 heterocycles. The number of anilines is 1. The van der Waals surface area contributed by atoms with Crippen molar-refractivity contribution in [3.8, 4) is 0 Å². The number of rotatable bonds is 2. The summed E-state index contributed by atoms with van der Waals surface area (Å²) < 4.78 is 4.80. The fourth-order valence-electron chi connectivity index (χ4n) is 1.31.